The van der Waals surface area contributed by atoms with Crippen molar-refractivity contribution in [1.82, 2.24) is 14.7 Å². The minimum atomic E-state index is -0.886. The van der Waals surface area contributed by atoms with Crippen molar-refractivity contribution in [2.24, 2.45) is 5.92 Å². The van der Waals surface area contributed by atoms with Gasteiger partial charge in [-0.1, -0.05) is 12.1 Å². The molecule has 0 amide bonds. The van der Waals surface area contributed by atoms with Gasteiger partial charge >= 0.3 is 11.7 Å². The van der Waals surface area contributed by atoms with Crippen molar-refractivity contribution in [3.05, 3.63) is 39.8 Å². The molecule has 7 heteroatoms. The molecule has 0 aromatic carbocycles. The number of carboxylic acids is 1. The van der Waals surface area contributed by atoms with Crippen LogP contribution in [0.15, 0.2) is 21.6 Å². The highest BCUT2D eigenvalue weighted by Crippen LogP contribution is 2.17. The monoisotopic (exact) mass is 277 g/mol. The van der Waals surface area contributed by atoms with E-state index in [1.165, 1.54) is 10.8 Å². The van der Waals surface area contributed by atoms with Crippen molar-refractivity contribution < 1.29 is 14.4 Å². The highest BCUT2D eigenvalue weighted by molar-refractivity contribution is 5.70. The number of carbonyl (C=O) groups is 1. The second-order valence-corrected chi connectivity index (χ2v) is 4.68. The molecule has 7 nitrogen and oxygen atoms in total. The minimum absolute atomic E-state index is 0.304. The Balaban J connectivity index is 2.56. The Bertz CT molecular complexity index is 688. The molecule has 0 radical (unpaired) electrons. The standard InChI is InChI=1S/C13H15N3O4/c1-7(12(17)18)6-10-8(2)14-13(19)16(9(10)3)11-4-5-20-15-11/h4-5,7H,6H2,1-3H3,(H,17,18). The highest BCUT2D eigenvalue weighted by Gasteiger charge is 2.19. The fraction of sp³-hybridized carbons (Fsp3) is 0.385. The van der Waals surface area contributed by atoms with E-state index in [9.17, 15) is 9.59 Å². The lowest BCUT2D eigenvalue weighted by Crippen LogP contribution is -2.27. The van der Waals surface area contributed by atoms with Crippen LogP contribution in [0.4, 0.5) is 0 Å². The van der Waals surface area contributed by atoms with Crippen LogP contribution in [0.2, 0.25) is 0 Å². The van der Waals surface area contributed by atoms with Crippen molar-refractivity contribution in [1.29, 1.82) is 0 Å². The molecule has 2 heterocycles. The van der Waals surface area contributed by atoms with Crippen molar-refractivity contribution in [3.8, 4) is 5.82 Å². The number of aromatic nitrogens is 3. The average Bonchev–Trinajstić information content (AvgIpc) is 2.87. The van der Waals surface area contributed by atoms with Crippen LogP contribution in [0.25, 0.3) is 5.82 Å². The SMILES string of the molecule is Cc1nc(=O)n(-c2ccon2)c(C)c1CC(C)C(=O)O. The van der Waals surface area contributed by atoms with Crippen molar-refractivity contribution in [2.75, 3.05) is 0 Å². The molecule has 0 aliphatic heterocycles. The zero-order valence-electron chi connectivity index (χ0n) is 11.5. The van der Waals surface area contributed by atoms with Gasteiger partial charge in [0.05, 0.1) is 5.92 Å². The number of aliphatic carboxylic acids is 1. The summed E-state index contributed by atoms with van der Waals surface area (Å²) >= 11 is 0. The number of aryl methyl sites for hydroxylation is 1. The molecular formula is C13H15N3O4. The molecule has 0 saturated heterocycles. The summed E-state index contributed by atoms with van der Waals surface area (Å²) in [7, 11) is 0. The molecule has 0 aliphatic carbocycles. The van der Waals surface area contributed by atoms with Crippen molar-refractivity contribution in [2.45, 2.75) is 27.2 Å². The molecule has 106 valence electrons. The number of carboxylic acid groups (broad SMARTS) is 1. The van der Waals surface area contributed by atoms with Gasteiger partial charge in [-0.05, 0) is 25.8 Å². The van der Waals surface area contributed by atoms with Gasteiger partial charge in [-0.3, -0.25) is 4.79 Å². The lowest BCUT2D eigenvalue weighted by molar-refractivity contribution is -0.141. The summed E-state index contributed by atoms with van der Waals surface area (Å²) in [6.07, 6.45) is 1.67. The summed E-state index contributed by atoms with van der Waals surface area (Å²) in [4.78, 5) is 26.9. The number of rotatable bonds is 4. The van der Waals surface area contributed by atoms with E-state index in [1.807, 2.05) is 0 Å². The van der Waals surface area contributed by atoms with Crippen molar-refractivity contribution >= 4 is 5.97 Å². The van der Waals surface area contributed by atoms with Crippen LogP contribution in [0.1, 0.15) is 23.9 Å². The summed E-state index contributed by atoms with van der Waals surface area (Å²) in [6, 6.07) is 1.55. The molecular weight excluding hydrogens is 262 g/mol. The fourth-order valence-corrected chi connectivity index (χ4v) is 2.08. The number of nitrogens with zero attached hydrogens (tertiary/aromatic N) is 3. The Morgan fingerprint density at radius 2 is 2.20 bits per heavy atom. The van der Waals surface area contributed by atoms with E-state index < -0.39 is 17.6 Å². The topological polar surface area (TPSA) is 98.2 Å². The molecule has 0 aliphatic rings. The zero-order valence-corrected chi connectivity index (χ0v) is 11.5. The Labute approximate surface area is 114 Å². The number of hydrogen-bond donors (Lipinski definition) is 1. The Morgan fingerprint density at radius 1 is 1.50 bits per heavy atom. The third kappa shape index (κ3) is 2.47. The largest absolute Gasteiger partial charge is 0.481 e. The first-order valence-electron chi connectivity index (χ1n) is 6.14. The maximum absolute atomic E-state index is 12.0. The Kier molecular flexibility index (Phi) is 3.69. The Hall–Kier alpha value is -2.44. The first-order chi connectivity index (χ1) is 9.41. The minimum Gasteiger partial charge on any atom is -0.481 e. The molecule has 2 aromatic rings. The predicted octanol–water partition coefficient (Wildman–Crippen LogP) is 1.10. The van der Waals surface area contributed by atoms with Crippen LogP contribution >= 0.6 is 0 Å². The summed E-state index contributed by atoms with van der Waals surface area (Å²) < 4.78 is 6.06. The first kappa shape index (κ1) is 14.0. The van der Waals surface area contributed by atoms with Crippen molar-refractivity contribution in [3.63, 3.8) is 0 Å². The van der Waals surface area contributed by atoms with E-state index >= 15 is 0 Å². The van der Waals surface area contributed by atoms with E-state index in [0.29, 0.717) is 23.6 Å². The lowest BCUT2D eigenvalue weighted by Gasteiger charge is -2.15. The van der Waals surface area contributed by atoms with Crippen LogP contribution in [0.3, 0.4) is 0 Å². The first-order valence-corrected chi connectivity index (χ1v) is 6.14. The molecule has 1 unspecified atom stereocenters. The molecule has 0 saturated carbocycles. The van der Waals surface area contributed by atoms with Gasteiger partial charge in [0, 0.05) is 17.5 Å². The van der Waals surface area contributed by atoms with Gasteiger partial charge in [0.2, 0.25) is 0 Å². The molecule has 1 N–H and O–H groups in total. The van der Waals surface area contributed by atoms with Crippen LogP contribution in [-0.4, -0.2) is 25.8 Å². The lowest BCUT2D eigenvalue weighted by atomic mass is 9.99. The molecule has 1 atom stereocenters. The fourth-order valence-electron chi connectivity index (χ4n) is 2.08. The van der Waals surface area contributed by atoms with Gasteiger partial charge in [-0.25, -0.2) is 9.36 Å². The van der Waals surface area contributed by atoms with E-state index in [1.54, 1.807) is 26.8 Å². The van der Waals surface area contributed by atoms with Gasteiger partial charge < -0.3 is 9.63 Å². The molecule has 0 spiro atoms. The maximum Gasteiger partial charge on any atom is 0.353 e. The smallest absolute Gasteiger partial charge is 0.353 e. The van der Waals surface area contributed by atoms with E-state index in [0.717, 1.165) is 5.56 Å². The van der Waals surface area contributed by atoms with Crippen LogP contribution in [-0.2, 0) is 11.2 Å². The predicted molar refractivity (Wildman–Crippen MR) is 69.9 cm³/mol. The third-order valence-corrected chi connectivity index (χ3v) is 3.25. The quantitative estimate of drug-likeness (QED) is 0.898. The molecule has 2 aromatic heterocycles. The van der Waals surface area contributed by atoms with E-state index in [4.69, 9.17) is 9.63 Å². The van der Waals surface area contributed by atoms with Gasteiger partial charge in [0.25, 0.3) is 0 Å². The maximum atomic E-state index is 12.0. The average molecular weight is 277 g/mol. The molecule has 0 fully saturated rings. The summed E-state index contributed by atoms with van der Waals surface area (Å²) in [5, 5.41) is 12.7. The van der Waals surface area contributed by atoms with Gasteiger partial charge in [0.1, 0.15) is 6.26 Å². The van der Waals surface area contributed by atoms with Crippen LogP contribution < -0.4 is 5.69 Å². The van der Waals surface area contributed by atoms with E-state index in [-0.39, 0.29) is 0 Å². The van der Waals surface area contributed by atoms with Gasteiger partial charge in [0.15, 0.2) is 5.82 Å². The van der Waals surface area contributed by atoms with Crippen LogP contribution in [0, 0.1) is 19.8 Å². The second kappa shape index (κ2) is 5.28. The van der Waals surface area contributed by atoms with Crippen LogP contribution in [0.5, 0.6) is 0 Å². The molecule has 0 bridgehead atoms. The Morgan fingerprint density at radius 3 is 2.75 bits per heavy atom. The normalized spacial score (nSPS) is 12.3. The summed E-state index contributed by atoms with van der Waals surface area (Å²) in [6.45, 7) is 5.06. The summed E-state index contributed by atoms with van der Waals surface area (Å²) in [5.41, 5.74) is 1.45. The zero-order chi connectivity index (χ0) is 14.9. The highest BCUT2D eigenvalue weighted by atomic mass is 16.5. The molecule has 2 rings (SSSR count). The molecule has 20 heavy (non-hydrogen) atoms. The number of hydrogen-bond acceptors (Lipinski definition) is 5. The third-order valence-electron chi connectivity index (χ3n) is 3.25. The summed E-state index contributed by atoms with van der Waals surface area (Å²) in [5.74, 6) is -1.11. The van der Waals surface area contributed by atoms with Gasteiger partial charge in [-0.2, -0.15) is 4.98 Å². The van der Waals surface area contributed by atoms with Gasteiger partial charge in [-0.15, -0.1) is 0 Å². The van der Waals surface area contributed by atoms with E-state index in [2.05, 4.69) is 10.1 Å². The second-order valence-electron chi connectivity index (χ2n) is 4.68.